The standard InChI is InChI=1S/C27H41NO3S/c1-19-9-11-20(12-10-19)18-28(22-13-15-23(30-2)16-14-22)24-17-25(21-7-5-4-6-8-21)32-26(24)27(29)31-3/h7,17,19-20,22-23H,4-6,8-16,18H2,1-3H3. The van der Waals surface area contributed by atoms with Gasteiger partial charge in [-0.1, -0.05) is 25.8 Å². The van der Waals surface area contributed by atoms with Gasteiger partial charge in [0.15, 0.2) is 0 Å². The minimum absolute atomic E-state index is 0.180. The van der Waals surface area contributed by atoms with Gasteiger partial charge in [0.25, 0.3) is 0 Å². The summed E-state index contributed by atoms with van der Waals surface area (Å²) in [5.74, 6) is 1.39. The first-order chi connectivity index (χ1) is 15.6. The molecule has 0 aliphatic heterocycles. The lowest BCUT2D eigenvalue weighted by atomic mass is 9.82. The van der Waals surface area contributed by atoms with Gasteiger partial charge in [0, 0.05) is 24.6 Å². The van der Waals surface area contributed by atoms with E-state index in [0.29, 0.717) is 18.1 Å². The lowest BCUT2D eigenvalue weighted by Gasteiger charge is -2.41. The zero-order valence-electron chi connectivity index (χ0n) is 20.2. The number of anilines is 1. The Morgan fingerprint density at radius 3 is 2.44 bits per heavy atom. The smallest absolute Gasteiger partial charge is 0.350 e. The highest BCUT2D eigenvalue weighted by molar-refractivity contribution is 7.15. The van der Waals surface area contributed by atoms with Gasteiger partial charge in [0.1, 0.15) is 4.88 Å². The SMILES string of the molecule is COC(=O)c1sc(C2=CCCCC2)cc1N(CC1CCC(C)CC1)C1CCC(OC)CC1. The molecule has 0 amide bonds. The lowest BCUT2D eigenvalue weighted by molar-refractivity contribution is 0.0602. The Morgan fingerprint density at radius 2 is 1.81 bits per heavy atom. The molecule has 178 valence electrons. The summed E-state index contributed by atoms with van der Waals surface area (Å²) in [4.78, 5) is 17.6. The van der Waals surface area contributed by atoms with Crippen LogP contribution in [0.3, 0.4) is 0 Å². The van der Waals surface area contributed by atoms with Gasteiger partial charge in [-0.15, -0.1) is 11.3 Å². The van der Waals surface area contributed by atoms with E-state index in [9.17, 15) is 4.79 Å². The average molecular weight is 460 g/mol. The Kier molecular flexibility index (Phi) is 8.33. The van der Waals surface area contributed by atoms with E-state index in [1.54, 1.807) is 11.3 Å². The highest BCUT2D eigenvalue weighted by atomic mass is 32.1. The number of ether oxygens (including phenoxy) is 2. The third-order valence-electron chi connectivity index (χ3n) is 8.01. The Bertz CT molecular complexity index is 785. The van der Waals surface area contributed by atoms with Gasteiger partial charge in [0.2, 0.25) is 0 Å². The fourth-order valence-corrected chi connectivity index (χ4v) is 7.03. The van der Waals surface area contributed by atoms with Gasteiger partial charge in [-0.2, -0.15) is 0 Å². The number of rotatable bonds is 7. The van der Waals surface area contributed by atoms with Crippen LogP contribution >= 0.6 is 11.3 Å². The molecule has 0 bridgehead atoms. The molecule has 2 fully saturated rings. The minimum atomic E-state index is -0.180. The van der Waals surface area contributed by atoms with Gasteiger partial charge in [0.05, 0.1) is 18.9 Å². The third kappa shape index (κ3) is 5.59. The number of nitrogens with zero attached hydrogens (tertiary/aromatic N) is 1. The molecule has 4 nitrogen and oxygen atoms in total. The number of carbonyl (C=O) groups excluding carboxylic acids is 1. The van der Waals surface area contributed by atoms with Crippen LogP contribution in [0.1, 0.15) is 98.5 Å². The fraction of sp³-hybridized carbons (Fsp3) is 0.741. The fourth-order valence-electron chi connectivity index (χ4n) is 5.88. The van der Waals surface area contributed by atoms with Crippen LogP contribution in [0.25, 0.3) is 5.57 Å². The van der Waals surface area contributed by atoms with E-state index in [4.69, 9.17) is 9.47 Å². The lowest BCUT2D eigenvalue weighted by Crippen LogP contribution is -2.43. The summed E-state index contributed by atoms with van der Waals surface area (Å²) in [6.07, 6.45) is 17.3. The van der Waals surface area contributed by atoms with Crippen molar-refractivity contribution in [2.45, 2.75) is 96.1 Å². The van der Waals surface area contributed by atoms with Gasteiger partial charge in [-0.25, -0.2) is 4.79 Å². The molecule has 4 rings (SSSR count). The Labute approximate surface area is 198 Å². The molecular weight excluding hydrogens is 418 g/mol. The van der Waals surface area contributed by atoms with Crippen LogP contribution in [-0.4, -0.2) is 38.9 Å². The molecule has 2 saturated carbocycles. The van der Waals surface area contributed by atoms with Crippen molar-refractivity contribution in [2.24, 2.45) is 11.8 Å². The molecule has 0 saturated heterocycles. The topological polar surface area (TPSA) is 38.8 Å². The van der Waals surface area contributed by atoms with Crippen LogP contribution < -0.4 is 4.90 Å². The van der Waals surface area contributed by atoms with E-state index in [1.807, 2.05) is 7.11 Å². The molecule has 0 spiro atoms. The molecule has 3 aliphatic rings. The third-order valence-corrected chi connectivity index (χ3v) is 9.19. The van der Waals surface area contributed by atoms with E-state index in [2.05, 4.69) is 24.0 Å². The summed E-state index contributed by atoms with van der Waals surface area (Å²) >= 11 is 1.65. The zero-order chi connectivity index (χ0) is 22.5. The molecule has 5 heteroatoms. The zero-order valence-corrected chi connectivity index (χ0v) is 21.1. The summed E-state index contributed by atoms with van der Waals surface area (Å²) in [5.41, 5.74) is 2.55. The minimum Gasteiger partial charge on any atom is -0.465 e. The van der Waals surface area contributed by atoms with Gasteiger partial charge < -0.3 is 14.4 Å². The number of allylic oxidation sites excluding steroid dienone is 2. The number of carbonyl (C=O) groups is 1. The van der Waals surface area contributed by atoms with Crippen molar-refractivity contribution < 1.29 is 14.3 Å². The van der Waals surface area contributed by atoms with Crippen molar-refractivity contribution in [3.05, 3.63) is 21.9 Å². The predicted octanol–water partition coefficient (Wildman–Crippen LogP) is 7.08. The molecule has 0 N–H and O–H groups in total. The van der Waals surface area contributed by atoms with Crippen molar-refractivity contribution in [2.75, 3.05) is 25.7 Å². The maximum Gasteiger partial charge on any atom is 0.350 e. The number of esters is 1. The normalized spacial score (nSPS) is 28.8. The number of hydrogen-bond acceptors (Lipinski definition) is 5. The maximum atomic E-state index is 12.9. The second-order valence-corrected chi connectivity index (χ2v) is 11.3. The van der Waals surface area contributed by atoms with Crippen LogP contribution in [0.15, 0.2) is 12.1 Å². The molecule has 0 atom stereocenters. The predicted molar refractivity (Wildman–Crippen MR) is 134 cm³/mol. The van der Waals surface area contributed by atoms with Gasteiger partial charge in [-0.3, -0.25) is 0 Å². The molecule has 0 radical (unpaired) electrons. The van der Waals surface area contributed by atoms with Crippen molar-refractivity contribution in [1.82, 2.24) is 0 Å². The molecule has 32 heavy (non-hydrogen) atoms. The summed E-state index contributed by atoms with van der Waals surface area (Å²) in [7, 11) is 3.35. The Balaban J connectivity index is 1.64. The summed E-state index contributed by atoms with van der Waals surface area (Å²) in [6.45, 7) is 3.45. The monoisotopic (exact) mass is 459 g/mol. The van der Waals surface area contributed by atoms with Crippen molar-refractivity contribution in [1.29, 1.82) is 0 Å². The average Bonchev–Trinajstić information content (AvgIpc) is 3.29. The van der Waals surface area contributed by atoms with E-state index >= 15 is 0 Å². The summed E-state index contributed by atoms with van der Waals surface area (Å²) < 4.78 is 10.9. The van der Waals surface area contributed by atoms with E-state index in [1.165, 1.54) is 56.1 Å². The molecule has 3 aliphatic carbocycles. The summed E-state index contributed by atoms with van der Waals surface area (Å²) in [5, 5.41) is 0. The molecule has 1 aromatic heterocycles. The first-order valence-corrected chi connectivity index (χ1v) is 13.6. The van der Waals surface area contributed by atoms with E-state index < -0.39 is 0 Å². The quantitative estimate of drug-likeness (QED) is 0.408. The van der Waals surface area contributed by atoms with Crippen LogP contribution in [0.4, 0.5) is 5.69 Å². The number of hydrogen-bond donors (Lipinski definition) is 0. The first kappa shape index (κ1) is 23.8. The second kappa shape index (κ2) is 11.2. The van der Waals surface area contributed by atoms with Crippen molar-refractivity contribution in [3.63, 3.8) is 0 Å². The van der Waals surface area contributed by atoms with Crippen molar-refractivity contribution >= 4 is 28.6 Å². The van der Waals surface area contributed by atoms with Crippen molar-refractivity contribution in [3.8, 4) is 0 Å². The number of methoxy groups -OCH3 is 2. The van der Waals surface area contributed by atoms with Gasteiger partial charge in [-0.05, 0) is 87.7 Å². The maximum absolute atomic E-state index is 12.9. The van der Waals surface area contributed by atoms with Crippen LogP contribution in [0.5, 0.6) is 0 Å². The molecule has 1 heterocycles. The molecular formula is C27H41NO3S. The summed E-state index contributed by atoms with van der Waals surface area (Å²) in [6, 6.07) is 2.80. The Hall–Kier alpha value is -1.33. The first-order valence-electron chi connectivity index (χ1n) is 12.8. The van der Waals surface area contributed by atoms with Crippen LogP contribution in [-0.2, 0) is 9.47 Å². The molecule has 1 aromatic rings. The Morgan fingerprint density at radius 1 is 1.06 bits per heavy atom. The molecule has 0 aromatic carbocycles. The van der Waals surface area contributed by atoms with E-state index in [-0.39, 0.29) is 5.97 Å². The van der Waals surface area contributed by atoms with E-state index in [0.717, 1.165) is 61.6 Å². The van der Waals surface area contributed by atoms with Crippen LogP contribution in [0, 0.1) is 11.8 Å². The second-order valence-electron chi connectivity index (χ2n) is 10.2. The molecule has 0 unspecified atom stereocenters. The highest BCUT2D eigenvalue weighted by Gasteiger charge is 2.33. The number of thiophene rings is 1. The van der Waals surface area contributed by atoms with Crippen LogP contribution in [0.2, 0.25) is 0 Å². The largest absolute Gasteiger partial charge is 0.465 e. The highest BCUT2D eigenvalue weighted by Crippen LogP contribution is 2.42. The van der Waals surface area contributed by atoms with Gasteiger partial charge >= 0.3 is 5.97 Å².